The average molecular weight is 548 g/mol. The van der Waals surface area contributed by atoms with Crippen LogP contribution >= 0.6 is 15.9 Å². The summed E-state index contributed by atoms with van der Waals surface area (Å²) < 4.78 is 29.6. The predicted octanol–water partition coefficient (Wildman–Crippen LogP) is 4.06. The standard InChI is InChI=1S/C24H26BrN3O5S/c1-16(29)26-18-9-11-19(12-10-18)27-23(30)15-22(24(27)31)28(20-5-3-2-4-6-20)34(32,33)21-13-7-17(25)8-14-21/h7-14,20,22H,2-6,15H2,1H3,(H,26,29). The van der Waals surface area contributed by atoms with Crippen molar-refractivity contribution < 1.29 is 22.8 Å². The molecule has 1 unspecified atom stereocenters. The van der Waals surface area contributed by atoms with Gasteiger partial charge < -0.3 is 5.32 Å². The Morgan fingerprint density at radius 2 is 1.62 bits per heavy atom. The molecule has 1 heterocycles. The number of carbonyl (C=O) groups is 3. The Hall–Kier alpha value is -2.56. The Morgan fingerprint density at radius 3 is 2.21 bits per heavy atom. The third kappa shape index (κ3) is 4.94. The SMILES string of the molecule is CC(=O)Nc1ccc(N2C(=O)CC(N(C3CCCCC3)S(=O)(=O)c3ccc(Br)cc3)C2=O)cc1. The number of hydrogen-bond donors (Lipinski definition) is 1. The minimum atomic E-state index is -4.02. The minimum absolute atomic E-state index is 0.0969. The molecule has 0 spiro atoms. The van der Waals surface area contributed by atoms with Crippen molar-refractivity contribution in [1.82, 2.24) is 4.31 Å². The lowest BCUT2D eigenvalue weighted by molar-refractivity contribution is -0.122. The smallest absolute Gasteiger partial charge is 0.252 e. The second kappa shape index (κ2) is 9.97. The van der Waals surface area contributed by atoms with E-state index in [0.29, 0.717) is 24.2 Å². The average Bonchev–Trinajstić information content (AvgIpc) is 3.08. The molecule has 180 valence electrons. The fourth-order valence-electron chi connectivity index (χ4n) is 4.67. The number of amides is 3. The summed E-state index contributed by atoms with van der Waals surface area (Å²) in [5.74, 6) is -1.24. The maximum atomic E-state index is 13.8. The maximum absolute atomic E-state index is 13.8. The molecule has 10 heteroatoms. The van der Waals surface area contributed by atoms with Crippen LogP contribution in [0.2, 0.25) is 0 Å². The highest BCUT2D eigenvalue weighted by molar-refractivity contribution is 9.10. The Kier molecular flexibility index (Phi) is 7.20. The third-order valence-electron chi connectivity index (χ3n) is 6.20. The van der Waals surface area contributed by atoms with Crippen molar-refractivity contribution in [2.75, 3.05) is 10.2 Å². The molecule has 0 bridgehead atoms. The number of hydrogen-bond acceptors (Lipinski definition) is 5. The molecule has 2 aromatic rings. The Balaban J connectivity index is 1.68. The highest BCUT2D eigenvalue weighted by Gasteiger charge is 2.49. The van der Waals surface area contributed by atoms with Gasteiger partial charge in [-0.05, 0) is 61.4 Å². The fraction of sp³-hybridized carbons (Fsp3) is 0.375. The van der Waals surface area contributed by atoms with Gasteiger partial charge >= 0.3 is 0 Å². The van der Waals surface area contributed by atoms with E-state index in [-0.39, 0.29) is 23.3 Å². The minimum Gasteiger partial charge on any atom is -0.326 e. The van der Waals surface area contributed by atoms with Gasteiger partial charge in [0.05, 0.1) is 17.0 Å². The summed E-state index contributed by atoms with van der Waals surface area (Å²) in [4.78, 5) is 38.9. The maximum Gasteiger partial charge on any atom is 0.252 e. The molecule has 2 aromatic carbocycles. The van der Waals surface area contributed by atoms with E-state index >= 15 is 0 Å². The summed E-state index contributed by atoms with van der Waals surface area (Å²) in [7, 11) is -4.02. The van der Waals surface area contributed by atoms with Gasteiger partial charge in [0.1, 0.15) is 6.04 Å². The van der Waals surface area contributed by atoms with Crippen LogP contribution in [0.1, 0.15) is 45.4 Å². The van der Waals surface area contributed by atoms with Crippen molar-refractivity contribution in [3.63, 3.8) is 0 Å². The first kappa shape index (κ1) is 24.6. The molecular formula is C24H26BrN3O5S. The monoisotopic (exact) mass is 547 g/mol. The molecule has 1 atom stereocenters. The zero-order valence-electron chi connectivity index (χ0n) is 18.7. The number of nitrogens with one attached hydrogen (secondary N) is 1. The van der Waals surface area contributed by atoms with E-state index in [4.69, 9.17) is 0 Å². The lowest BCUT2D eigenvalue weighted by Crippen LogP contribution is -2.51. The van der Waals surface area contributed by atoms with Crippen LogP contribution in [0.25, 0.3) is 0 Å². The van der Waals surface area contributed by atoms with E-state index < -0.39 is 27.9 Å². The quantitative estimate of drug-likeness (QED) is 0.549. The third-order valence-corrected chi connectivity index (χ3v) is 8.70. The first-order chi connectivity index (χ1) is 16.2. The summed E-state index contributed by atoms with van der Waals surface area (Å²) in [5.41, 5.74) is 0.879. The number of benzene rings is 2. The fourth-order valence-corrected chi connectivity index (χ4v) is 6.76. The molecule has 8 nitrogen and oxygen atoms in total. The van der Waals surface area contributed by atoms with Crippen LogP contribution < -0.4 is 10.2 Å². The van der Waals surface area contributed by atoms with Crippen LogP contribution in [0.3, 0.4) is 0 Å². The van der Waals surface area contributed by atoms with E-state index in [0.717, 1.165) is 28.6 Å². The van der Waals surface area contributed by atoms with Crippen LogP contribution in [-0.4, -0.2) is 42.5 Å². The van der Waals surface area contributed by atoms with Gasteiger partial charge in [-0.1, -0.05) is 35.2 Å². The number of anilines is 2. The first-order valence-electron chi connectivity index (χ1n) is 11.2. The Bertz CT molecular complexity index is 1190. The lowest BCUT2D eigenvalue weighted by Gasteiger charge is -2.36. The highest BCUT2D eigenvalue weighted by Crippen LogP contribution is 2.35. The number of rotatable bonds is 6. The van der Waals surface area contributed by atoms with Gasteiger partial charge in [-0.15, -0.1) is 0 Å². The summed E-state index contributed by atoms with van der Waals surface area (Å²) in [6.45, 7) is 1.39. The van der Waals surface area contributed by atoms with E-state index in [1.807, 2.05) is 0 Å². The predicted molar refractivity (Wildman–Crippen MR) is 132 cm³/mol. The molecule has 2 fully saturated rings. The largest absolute Gasteiger partial charge is 0.326 e. The molecule has 1 saturated heterocycles. The zero-order chi connectivity index (χ0) is 24.5. The van der Waals surface area contributed by atoms with Crippen molar-refractivity contribution in [2.24, 2.45) is 0 Å². The van der Waals surface area contributed by atoms with Crippen LogP contribution in [0.15, 0.2) is 57.9 Å². The van der Waals surface area contributed by atoms with E-state index in [1.54, 1.807) is 36.4 Å². The summed E-state index contributed by atoms with van der Waals surface area (Å²) in [6.07, 6.45) is 3.87. The van der Waals surface area contributed by atoms with Crippen molar-refractivity contribution in [2.45, 2.75) is 62.4 Å². The van der Waals surface area contributed by atoms with Gasteiger partial charge in [0, 0.05) is 23.1 Å². The lowest BCUT2D eigenvalue weighted by atomic mass is 9.94. The molecule has 3 amide bonds. The van der Waals surface area contributed by atoms with Crippen molar-refractivity contribution in [1.29, 1.82) is 0 Å². The number of sulfonamides is 1. The molecule has 0 aromatic heterocycles. The van der Waals surface area contributed by atoms with Crippen LogP contribution in [0.4, 0.5) is 11.4 Å². The summed E-state index contributed by atoms with van der Waals surface area (Å²) in [5, 5.41) is 2.64. The Labute approximate surface area is 207 Å². The number of imide groups is 1. The van der Waals surface area contributed by atoms with Crippen LogP contribution in [0, 0.1) is 0 Å². The van der Waals surface area contributed by atoms with Gasteiger partial charge in [0.2, 0.25) is 21.8 Å². The molecule has 34 heavy (non-hydrogen) atoms. The van der Waals surface area contributed by atoms with Crippen molar-refractivity contribution in [3.05, 3.63) is 53.0 Å². The first-order valence-corrected chi connectivity index (χ1v) is 13.5. The second-order valence-electron chi connectivity index (χ2n) is 8.60. The molecular weight excluding hydrogens is 522 g/mol. The van der Waals surface area contributed by atoms with Gasteiger partial charge in [0.25, 0.3) is 5.91 Å². The van der Waals surface area contributed by atoms with Gasteiger partial charge in [-0.25, -0.2) is 13.3 Å². The zero-order valence-corrected chi connectivity index (χ0v) is 21.1. The van der Waals surface area contributed by atoms with Crippen molar-refractivity contribution >= 4 is 55.0 Å². The second-order valence-corrected chi connectivity index (χ2v) is 11.4. The molecule has 2 aliphatic rings. The van der Waals surface area contributed by atoms with E-state index in [2.05, 4.69) is 21.2 Å². The van der Waals surface area contributed by atoms with Gasteiger partial charge in [0.15, 0.2) is 0 Å². The molecule has 0 radical (unpaired) electrons. The number of nitrogens with zero attached hydrogens (tertiary/aromatic N) is 2. The van der Waals surface area contributed by atoms with Crippen LogP contribution in [0.5, 0.6) is 0 Å². The van der Waals surface area contributed by atoms with Crippen LogP contribution in [-0.2, 0) is 24.4 Å². The topological polar surface area (TPSA) is 104 Å². The molecule has 1 saturated carbocycles. The normalized spacial score (nSPS) is 19.6. The van der Waals surface area contributed by atoms with Crippen molar-refractivity contribution in [3.8, 4) is 0 Å². The van der Waals surface area contributed by atoms with E-state index in [1.165, 1.54) is 23.4 Å². The van der Waals surface area contributed by atoms with E-state index in [9.17, 15) is 22.8 Å². The van der Waals surface area contributed by atoms with Gasteiger partial charge in [-0.3, -0.25) is 14.4 Å². The number of carbonyl (C=O) groups excluding carboxylic acids is 3. The molecule has 1 aliphatic carbocycles. The van der Waals surface area contributed by atoms with Gasteiger partial charge in [-0.2, -0.15) is 4.31 Å². The summed E-state index contributed by atoms with van der Waals surface area (Å²) in [6, 6.07) is 11.2. The highest BCUT2D eigenvalue weighted by atomic mass is 79.9. The molecule has 1 aliphatic heterocycles. The molecule has 4 rings (SSSR count). The number of halogens is 1. The summed E-state index contributed by atoms with van der Waals surface area (Å²) >= 11 is 3.32. The molecule has 1 N–H and O–H groups in total. The Morgan fingerprint density at radius 1 is 1.00 bits per heavy atom.